The second-order valence-electron chi connectivity index (χ2n) is 3.46. The predicted molar refractivity (Wildman–Crippen MR) is 61.9 cm³/mol. The van der Waals surface area contributed by atoms with Gasteiger partial charge in [-0.15, -0.1) is 0 Å². The van der Waals surface area contributed by atoms with Crippen LogP contribution in [0.4, 0.5) is 11.4 Å². The van der Waals surface area contributed by atoms with Crippen LogP contribution in [0.3, 0.4) is 0 Å². The van der Waals surface area contributed by atoms with Gasteiger partial charge < -0.3 is 20.5 Å². The van der Waals surface area contributed by atoms with Crippen molar-refractivity contribution in [2.24, 2.45) is 0 Å². The molecule has 0 aliphatic heterocycles. The number of aliphatic hydroxyl groups excluding tert-OH is 1. The average molecular weight is 210 g/mol. The van der Waals surface area contributed by atoms with Crippen LogP contribution in [-0.2, 0) is 11.3 Å². The number of nitrogens with zero attached hydrogens (tertiary/aromatic N) is 1. The molecule has 0 radical (unpaired) electrons. The first-order valence-electron chi connectivity index (χ1n) is 4.88. The van der Waals surface area contributed by atoms with E-state index in [0.717, 1.165) is 17.8 Å². The molecule has 4 heteroatoms. The van der Waals surface area contributed by atoms with E-state index in [2.05, 4.69) is 0 Å². The summed E-state index contributed by atoms with van der Waals surface area (Å²) in [5.41, 5.74) is 8.15. The molecule has 0 saturated heterocycles. The molecule has 0 spiro atoms. The molecule has 4 nitrogen and oxygen atoms in total. The summed E-state index contributed by atoms with van der Waals surface area (Å²) in [5.74, 6) is 0. The number of benzene rings is 1. The second-order valence-corrected chi connectivity index (χ2v) is 3.46. The lowest BCUT2D eigenvalue weighted by Crippen LogP contribution is -2.23. The first-order chi connectivity index (χ1) is 7.19. The Hall–Kier alpha value is -1.26. The quantitative estimate of drug-likeness (QED) is 0.707. The molecule has 0 aromatic heterocycles. The van der Waals surface area contributed by atoms with E-state index in [4.69, 9.17) is 10.5 Å². The van der Waals surface area contributed by atoms with Gasteiger partial charge in [-0.3, -0.25) is 0 Å². The van der Waals surface area contributed by atoms with E-state index in [-0.39, 0.29) is 6.61 Å². The molecule has 0 fully saturated rings. The lowest BCUT2D eigenvalue weighted by atomic mass is 10.1. The van der Waals surface area contributed by atoms with E-state index < -0.39 is 0 Å². The van der Waals surface area contributed by atoms with Crippen molar-refractivity contribution >= 4 is 11.4 Å². The van der Waals surface area contributed by atoms with E-state index in [9.17, 15) is 5.11 Å². The molecule has 0 aliphatic rings. The van der Waals surface area contributed by atoms with Gasteiger partial charge in [-0.25, -0.2) is 0 Å². The lowest BCUT2D eigenvalue weighted by Gasteiger charge is -2.21. The molecule has 0 bridgehead atoms. The van der Waals surface area contributed by atoms with Gasteiger partial charge in [-0.1, -0.05) is 0 Å². The molecule has 3 N–H and O–H groups in total. The summed E-state index contributed by atoms with van der Waals surface area (Å²) in [5, 5.41) is 9.20. The highest BCUT2D eigenvalue weighted by molar-refractivity contribution is 5.59. The molecule has 84 valence electrons. The summed E-state index contributed by atoms with van der Waals surface area (Å²) < 4.78 is 5.00. The standard InChI is InChI=1S/C11H18N2O2/c1-13(5-6-15-2)11-4-3-10(12)7-9(11)8-14/h3-4,7,14H,5-6,8,12H2,1-2H3. The smallest absolute Gasteiger partial charge is 0.0702 e. The predicted octanol–water partition coefficient (Wildman–Crippen LogP) is 0.844. The number of hydrogen-bond donors (Lipinski definition) is 2. The summed E-state index contributed by atoms with van der Waals surface area (Å²) in [6, 6.07) is 5.53. The maximum atomic E-state index is 9.20. The van der Waals surface area contributed by atoms with E-state index >= 15 is 0 Å². The molecule has 0 amide bonds. The van der Waals surface area contributed by atoms with Crippen molar-refractivity contribution in [2.45, 2.75) is 6.61 Å². The first kappa shape index (κ1) is 11.8. The maximum absolute atomic E-state index is 9.20. The molecular weight excluding hydrogens is 192 g/mol. The zero-order chi connectivity index (χ0) is 11.3. The SMILES string of the molecule is COCCN(C)c1ccc(N)cc1CO. The lowest BCUT2D eigenvalue weighted by molar-refractivity contribution is 0.206. The van der Waals surface area contributed by atoms with Gasteiger partial charge in [0.2, 0.25) is 0 Å². The zero-order valence-electron chi connectivity index (χ0n) is 9.23. The summed E-state index contributed by atoms with van der Waals surface area (Å²) in [6.45, 7) is 1.44. The Morgan fingerprint density at radius 2 is 2.20 bits per heavy atom. The van der Waals surface area contributed by atoms with Crippen LogP contribution < -0.4 is 10.6 Å². The van der Waals surface area contributed by atoms with Crippen LogP contribution in [0, 0.1) is 0 Å². The third kappa shape index (κ3) is 3.11. The van der Waals surface area contributed by atoms with Crippen LogP contribution in [-0.4, -0.2) is 32.4 Å². The van der Waals surface area contributed by atoms with Gasteiger partial charge in [-0.05, 0) is 18.2 Å². The fraction of sp³-hybridized carbons (Fsp3) is 0.455. The van der Waals surface area contributed by atoms with Crippen molar-refractivity contribution < 1.29 is 9.84 Å². The Labute approximate surface area is 90.3 Å². The Morgan fingerprint density at radius 3 is 2.80 bits per heavy atom. The molecular formula is C11H18N2O2. The van der Waals surface area contributed by atoms with Crippen LogP contribution in [0.2, 0.25) is 0 Å². The number of nitrogen functional groups attached to an aromatic ring is 1. The molecule has 0 atom stereocenters. The highest BCUT2D eigenvalue weighted by Crippen LogP contribution is 2.21. The fourth-order valence-electron chi connectivity index (χ4n) is 1.45. The minimum atomic E-state index is -0.00229. The molecule has 0 heterocycles. The number of likely N-dealkylation sites (N-methyl/N-ethyl adjacent to an activating group) is 1. The Kier molecular flexibility index (Phi) is 4.39. The van der Waals surface area contributed by atoms with E-state index in [0.29, 0.717) is 12.3 Å². The topological polar surface area (TPSA) is 58.7 Å². The summed E-state index contributed by atoms with van der Waals surface area (Å²) >= 11 is 0. The van der Waals surface area contributed by atoms with Crippen molar-refractivity contribution in [3.05, 3.63) is 23.8 Å². The summed E-state index contributed by atoms with van der Waals surface area (Å²) in [4.78, 5) is 2.04. The van der Waals surface area contributed by atoms with Gasteiger partial charge in [0.15, 0.2) is 0 Å². The first-order valence-corrected chi connectivity index (χ1v) is 4.88. The minimum absolute atomic E-state index is 0.00229. The molecule has 15 heavy (non-hydrogen) atoms. The van der Waals surface area contributed by atoms with Gasteiger partial charge in [0.1, 0.15) is 0 Å². The normalized spacial score (nSPS) is 10.3. The second kappa shape index (κ2) is 5.58. The highest BCUT2D eigenvalue weighted by atomic mass is 16.5. The summed E-state index contributed by atoms with van der Waals surface area (Å²) in [7, 11) is 3.63. The van der Waals surface area contributed by atoms with E-state index in [1.165, 1.54) is 0 Å². The molecule has 1 aromatic rings. The molecule has 0 aliphatic carbocycles. The summed E-state index contributed by atoms with van der Waals surface area (Å²) in [6.07, 6.45) is 0. The number of aliphatic hydroxyl groups is 1. The molecule has 0 saturated carbocycles. The Balaban J connectivity index is 2.82. The van der Waals surface area contributed by atoms with Crippen molar-refractivity contribution in [3.63, 3.8) is 0 Å². The number of nitrogens with two attached hydrogens (primary N) is 1. The van der Waals surface area contributed by atoms with Crippen LogP contribution in [0.1, 0.15) is 5.56 Å². The number of ether oxygens (including phenoxy) is 1. The van der Waals surface area contributed by atoms with Crippen molar-refractivity contribution in [2.75, 3.05) is 37.9 Å². The van der Waals surface area contributed by atoms with Crippen LogP contribution >= 0.6 is 0 Å². The van der Waals surface area contributed by atoms with Gasteiger partial charge in [0.05, 0.1) is 13.2 Å². The Bertz CT molecular complexity index is 315. The maximum Gasteiger partial charge on any atom is 0.0702 e. The van der Waals surface area contributed by atoms with E-state index in [1.807, 2.05) is 24.1 Å². The highest BCUT2D eigenvalue weighted by Gasteiger charge is 2.06. The zero-order valence-corrected chi connectivity index (χ0v) is 9.23. The van der Waals surface area contributed by atoms with Crippen molar-refractivity contribution in [1.29, 1.82) is 0 Å². The van der Waals surface area contributed by atoms with Crippen LogP contribution in [0.5, 0.6) is 0 Å². The molecule has 0 unspecified atom stereocenters. The molecule has 1 rings (SSSR count). The third-order valence-electron chi connectivity index (χ3n) is 2.32. The average Bonchev–Trinajstić information content (AvgIpc) is 2.25. The van der Waals surface area contributed by atoms with Gasteiger partial charge in [0, 0.05) is 37.6 Å². The number of hydrogen-bond acceptors (Lipinski definition) is 4. The number of rotatable bonds is 5. The molecule has 1 aromatic carbocycles. The van der Waals surface area contributed by atoms with Gasteiger partial charge in [-0.2, -0.15) is 0 Å². The monoisotopic (exact) mass is 210 g/mol. The van der Waals surface area contributed by atoms with Crippen molar-refractivity contribution in [1.82, 2.24) is 0 Å². The van der Waals surface area contributed by atoms with Gasteiger partial charge in [0.25, 0.3) is 0 Å². The largest absolute Gasteiger partial charge is 0.399 e. The van der Waals surface area contributed by atoms with Crippen LogP contribution in [0.25, 0.3) is 0 Å². The van der Waals surface area contributed by atoms with Crippen molar-refractivity contribution in [3.8, 4) is 0 Å². The third-order valence-corrected chi connectivity index (χ3v) is 2.32. The van der Waals surface area contributed by atoms with Gasteiger partial charge >= 0.3 is 0 Å². The van der Waals surface area contributed by atoms with Crippen LogP contribution in [0.15, 0.2) is 18.2 Å². The fourth-order valence-corrected chi connectivity index (χ4v) is 1.45. The number of anilines is 2. The minimum Gasteiger partial charge on any atom is -0.399 e. The Morgan fingerprint density at radius 1 is 1.47 bits per heavy atom. The van der Waals surface area contributed by atoms with E-state index in [1.54, 1.807) is 13.2 Å². The number of methoxy groups -OCH3 is 1.